The summed E-state index contributed by atoms with van der Waals surface area (Å²) >= 11 is 7.45. The van der Waals surface area contributed by atoms with E-state index in [2.05, 4.69) is 33.2 Å². The maximum absolute atomic E-state index is 12.6. The van der Waals surface area contributed by atoms with E-state index in [-0.39, 0.29) is 16.4 Å². The Morgan fingerprint density at radius 1 is 1.17 bits per heavy atom. The summed E-state index contributed by atoms with van der Waals surface area (Å²) in [6.07, 6.45) is 3.16. The summed E-state index contributed by atoms with van der Waals surface area (Å²) in [7, 11) is 0. The minimum absolute atomic E-state index is 0.0630. The molecule has 2 N–H and O–H groups in total. The predicted octanol–water partition coefficient (Wildman–Crippen LogP) is 4.62. The SMILES string of the molecule is Cc1cc(I)ccc1NC(=S)NC(=O)c1ccc(N2CCCCC2)c([N+](=O)[O-])c1. The zero-order valence-corrected chi connectivity index (χ0v) is 18.9. The topological polar surface area (TPSA) is 87.5 Å². The third kappa shape index (κ3) is 5.41. The van der Waals surface area contributed by atoms with Crippen LogP contribution in [0.2, 0.25) is 0 Å². The van der Waals surface area contributed by atoms with Gasteiger partial charge < -0.3 is 10.2 Å². The summed E-state index contributed by atoms with van der Waals surface area (Å²) in [5.74, 6) is -0.487. The van der Waals surface area contributed by atoms with Crippen molar-refractivity contribution >= 4 is 62.9 Å². The second kappa shape index (κ2) is 9.49. The van der Waals surface area contributed by atoms with Gasteiger partial charge in [-0.05, 0) is 96.9 Å². The van der Waals surface area contributed by atoms with Crippen molar-refractivity contribution in [3.05, 3.63) is 61.2 Å². The van der Waals surface area contributed by atoms with Crippen molar-refractivity contribution in [1.82, 2.24) is 5.32 Å². The fourth-order valence-corrected chi connectivity index (χ4v) is 4.16. The van der Waals surface area contributed by atoms with E-state index < -0.39 is 10.8 Å². The van der Waals surface area contributed by atoms with E-state index in [1.54, 1.807) is 12.1 Å². The number of nitro benzene ring substituents is 1. The first kappa shape index (κ1) is 21.4. The smallest absolute Gasteiger partial charge is 0.293 e. The Hall–Kier alpha value is -2.27. The summed E-state index contributed by atoms with van der Waals surface area (Å²) in [6, 6.07) is 10.4. The zero-order chi connectivity index (χ0) is 21.0. The van der Waals surface area contributed by atoms with Gasteiger partial charge in [0.1, 0.15) is 5.69 Å². The molecule has 2 aromatic rings. The van der Waals surface area contributed by atoms with Gasteiger partial charge in [-0.25, -0.2) is 0 Å². The zero-order valence-electron chi connectivity index (χ0n) is 15.9. The maximum Gasteiger partial charge on any atom is 0.293 e. The number of nitro groups is 1. The second-order valence-corrected chi connectivity index (χ2v) is 8.53. The summed E-state index contributed by atoms with van der Waals surface area (Å²) < 4.78 is 1.10. The van der Waals surface area contributed by atoms with Crippen LogP contribution < -0.4 is 15.5 Å². The van der Waals surface area contributed by atoms with E-state index in [0.717, 1.165) is 47.2 Å². The third-order valence-electron chi connectivity index (χ3n) is 4.79. The number of nitrogens with one attached hydrogen (secondary N) is 2. The molecule has 0 radical (unpaired) electrons. The molecule has 1 heterocycles. The first-order valence-corrected chi connectivity index (χ1v) is 10.8. The van der Waals surface area contributed by atoms with Crippen LogP contribution >= 0.6 is 34.8 Å². The molecule has 0 unspecified atom stereocenters. The highest BCUT2D eigenvalue weighted by Gasteiger charge is 2.23. The van der Waals surface area contributed by atoms with Gasteiger partial charge in [0.05, 0.1) is 4.92 Å². The number of piperidine rings is 1. The third-order valence-corrected chi connectivity index (χ3v) is 5.67. The molecule has 0 aliphatic carbocycles. The summed E-state index contributed by atoms with van der Waals surface area (Å²) in [5, 5.41) is 17.3. The first-order valence-electron chi connectivity index (χ1n) is 9.27. The van der Waals surface area contributed by atoms with Crippen LogP contribution in [0, 0.1) is 20.6 Å². The quantitative estimate of drug-likeness (QED) is 0.263. The Morgan fingerprint density at radius 2 is 1.90 bits per heavy atom. The van der Waals surface area contributed by atoms with Crippen molar-refractivity contribution in [2.75, 3.05) is 23.3 Å². The number of hydrogen-bond donors (Lipinski definition) is 2. The van der Waals surface area contributed by atoms with Gasteiger partial charge >= 0.3 is 0 Å². The number of thiocarbonyl (C=S) groups is 1. The highest BCUT2D eigenvalue weighted by molar-refractivity contribution is 14.1. The Morgan fingerprint density at radius 3 is 2.55 bits per heavy atom. The lowest BCUT2D eigenvalue weighted by molar-refractivity contribution is -0.384. The molecule has 3 rings (SSSR count). The number of benzene rings is 2. The van der Waals surface area contributed by atoms with Crippen LogP contribution in [0.4, 0.5) is 17.1 Å². The van der Waals surface area contributed by atoms with Gasteiger partial charge in [0, 0.05) is 34.0 Å². The number of rotatable bonds is 4. The largest absolute Gasteiger partial charge is 0.366 e. The van der Waals surface area contributed by atoms with Crippen molar-refractivity contribution in [2.45, 2.75) is 26.2 Å². The number of nitrogens with zero attached hydrogens (tertiary/aromatic N) is 2. The van der Waals surface area contributed by atoms with Gasteiger partial charge in [-0.1, -0.05) is 0 Å². The van der Waals surface area contributed by atoms with E-state index in [0.29, 0.717) is 5.69 Å². The van der Waals surface area contributed by atoms with Gasteiger partial charge in [-0.15, -0.1) is 0 Å². The monoisotopic (exact) mass is 524 g/mol. The van der Waals surface area contributed by atoms with Crippen molar-refractivity contribution in [1.29, 1.82) is 0 Å². The van der Waals surface area contributed by atoms with Crippen molar-refractivity contribution in [2.24, 2.45) is 0 Å². The first-order chi connectivity index (χ1) is 13.8. The molecule has 9 heteroatoms. The van der Waals surface area contributed by atoms with Crippen molar-refractivity contribution in [3.63, 3.8) is 0 Å². The van der Waals surface area contributed by atoms with Crippen LogP contribution in [-0.4, -0.2) is 29.0 Å². The lowest BCUT2D eigenvalue weighted by atomic mass is 10.1. The van der Waals surface area contributed by atoms with Crippen LogP contribution in [0.15, 0.2) is 36.4 Å². The van der Waals surface area contributed by atoms with E-state index in [1.165, 1.54) is 6.07 Å². The molecular weight excluding hydrogens is 503 g/mol. The molecule has 2 aromatic carbocycles. The molecule has 0 atom stereocenters. The molecular formula is C20H21IN4O3S. The number of hydrogen-bond acceptors (Lipinski definition) is 5. The lowest BCUT2D eigenvalue weighted by Crippen LogP contribution is -2.34. The molecule has 0 saturated carbocycles. The summed E-state index contributed by atoms with van der Waals surface area (Å²) in [6.45, 7) is 3.52. The molecule has 1 fully saturated rings. The molecule has 1 aliphatic heterocycles. The van der Waals surface area contributed by atoms with E-state index in [4.69, 9.17) is 12.2 Å². The van der Waals surface area contributed by atoms with Gasteiger partial charge in [0.15, 0.2) is 5.11 Å². The van der Waals surface area contributed by atoms with Crippen LogP contribution in [-0.2, 0) is 0 Å². The van der Waals surface area contributed by atoms with Crippen LogP contribution in [0.1, 0.15) is 35.2 Å². The highest BCUT2D eigenvalue weighted by atomic mass is 127. The van der Waals surface area contributed by atoms with Gasteiger partial charge in [0.2, 0.25) is 0 Å². The molecule has 0 aromatic heterocycles. The average molecular weight is 524 g/mol. The normalized spacial score (nSPS) is 13.7. The van der Waals surface area contributed by atoms with Crippen LogP contribution in [0.3, 0.4) is 0 Å². The average Bonchev–Trinajstić information content (AvgIpc) is 2.70. The van der Waals surface area contributed by atoms with Crippen LogP contribution in [0.25, 0.3) is 0 Å². The summed E-state index contributed by atoms with van der Waals surface area (Å²) in [5.41, 5.74) is 2.48. The molecule has 7 nitrogen and oxygen atoms in total. The predicted molar refractivity (Wildman–Crippen MR) is 127 cm³/mol. The molecule has 1 amide bonds. The number of halogens is 1. The number of carbonyl (C=O) groups is 1. The lowest BCUT2D eigenvalue weighted by Gasteiger charge is -2.28. The van der Waals surface area contributed by atoms with Gasteiger partial charge in [-0.3, -0.25) is 20.2 Å². The molecule has 1 saturated heterocycles. The standard InChI is InChI=1S/C20H21IN4O3S/c1-13-11-15(21)6-7-16(13)22-20(29)23-19(26)14-5-8-17(18(12-14)25(27)28)24-9-3-2-4-10-24/h5-8,11-12H,2-4,9-10H2,1H3,(H2,22,23,26,29). The molecule has 0 bridgehead atoms. The number of aryl methyl sites for hydroxylation is 1. The van der Waals surface area contributed by atoms with Crippen molar-refractivity contribution < 1.29 is 9.72 Å². The minimum atomic E-state index is -0.487. The fourth-order valence-electron chi connectivity index (χ4n) is 3.31. The maximum atomic E-state index is 12.6. The van der Waals surface area contributed by atoms with Gasteiger partial charge in [-0.2, -0.15) is 0 Å². The highest BCUT2D eigenvalue weighted by Crippen LogP contribution is 2.31. The molecule has 29 heavy (non-hydrogen) atoms. The fraction of sp³-hybridized carbons (Fsp3) is 0.300. The van der Waals surface area contributed by atoms with Crippen LogP contribution in [0.5, 0.6) is 0 Å². The Balaban J connectivity index is 1.73. The van der Waals surface area contributed by atoms with E-state index in [1.807, 2.05) is 30.0 Å². The number of amides is 1. The van der Waals surface area contributed by atoms with Gasteiger partial charge in [0.25, 0.3) is 11.6 Å². The molecule has 152 valence electrons. The second-order valence-electron chi connectivity index (χ2n) is 6.88. The Bertz CT molecular complexity index is 961. The number of anilines is 2. The number of carbonyl (C=O) groups excluding carboxylic acids is 1. The minimum Gasteiger partial charge on any atom is -0.366 e. The van der Waals surface area contributed by atoms with Crippen molar-refractivity contribution in [3.8, 4) is 0 Å². The Labute approximate surface area is 188 Å². The van der Waals surface area contributed by atoms with E-state index >= 15 is 0 Å². The Kier molecular flexibility index (Phi) is 7.01. The molecule has 0 spiro atoms. The summed E-state index contributed by atoms with van der Waals surface area (Å²) in [4.78, 5) is 25.7. The van der Waals surface area contributed by atoms with E-state index in [9.17, 15) is 14.9 Å². The molecule has 1 aliphatic rings.